The Hall–Kier alpha value is -4.46. The van der Waals surface area contributed by atoms with E-state index < -0.39 is 0 Å². The number of anilines is 1. The molecule has 1 heterocycles. The van der Waals surface area contributed by atoms with Crippen LogP contribution in [0.5, 0.6) is 23.0 Å². The van der Waals surface area contributed by atoms with E-state index >= 15 is 0 Å². The Bertz CT molecular complexity index is 1350. The van der Waals surface area contributed by atoms with Crippen molar-refractivity contribution in [1.82, 2.24) is 9.78 Å². The standard InChI is InChI=1S/C27H27N3O5/c1-17-13-23(33-3)25(35-5)15-21(17)28-27(31)20-16-30(19-9-7-6-8-10-19)29-26(20)18-11-12-22(32-2)24(14-18)34-4/h6-16H,1-5H3,(H,28,31). The number of hydrogen-bond acceptors (Lipinski definition) is 6. The van der Waals surface area contributed by atoms with Crippen molar-refractivity contribution in [1.29, 1.82) is 0 Å². The minimum Gasteiger partial charge on any atom is -0.493 e. The third kappa shape index (κ3) is 4.77. The number of rotatable bonds is 8. The maximum atomic E-state index is 13.5. The van der Waals surface area contributed by atoms with Crippen molar-refractivity contribution >= 4 is 11.6 Å². The number of nitrogens with one attached hydrogen (secondary N) is 1. The summed E-state index contributed by atoms with van der Waals surface area (Å²) in [6, 6.07) is 18.6. The number of amides is 1. The zero-order chi connectivity index (χ0) is 24.9. The Morgan fingerprint density at radius 3 is 2.09 bits per heavy atom. The Labute approximate surface area is 204 Å². The van der Waals surface area contributed by atoms with E-state index in [1.807, 2.05) is 49.4 Å². The van der Waals surface area contributed by atoms with Gasteiger partial charge in [-0.05, 0) is 48.9 Å². The van der Waals surface area contributed by atoms with Crippen molar-refractivity contribution in [3.05, 3.63) is 78.0 Å². The van der Waals surface area contributed by atoms with Gasteiger partial charge in [-0.3, -0.25) is 4.79 Å². The Balaban J connectivity index is 1.79. The smallest absolute Gasteiger partial charge is 0.259 e. The highest BCUT2D eigenvalue weighted by molar-refractivity contribution is 6.08. The maximum Gasteiger partial charge on any atom is 0.259 e. The molecule has 1 N–H and O–H groups in total. The molecule has 0 saturated carbocycles. The first-order valence-corrected chi connectivity index (χ1v) is 10.9. The van der Waals surface area contributed by atoms with Gasteiger partial charge >= 0.3 is 0 Å². The van der Waals surface area contributed by atoms with Gasteiger partial charge in [0.15, 0.2) is 23.0 Å². The molecule has 0 unspecified atom stereocenters. The van der Waals surface area contributed by atoms with Crippen molar-refractivity contribution in [2.75, 3.05) is 33.8 Å². The number of benzene rings is 3. The zero-order valence-electron chi connectivity index (χ0n) is 20.3. The van der Waals surface area contributed by atoms with Crippen LogP contribution < -0.4 is 24.3 Å². The highest BCUT2D eigenvalue weighted by atomic mass is 16.5. The lowest BCUT2D eigenvalue weighted by Gasteiger charge is -2.14. The molecular formula is C27H27N3O5. The number of nitrogens with zero attached hydrogens (tertiary/aromatic N) is 2. The molecule has 0 fully saturated rings. The first-order chi connectivity index (χ1) is 17.0. The molecule has 4 rings (SSSR count). The summed E-state index contributed by atoms with van der Waals surface area (Å²) in [5, 5.41) is 7.74. The summed E-state index contributed by atoms with van der Waals surface area (Å²) in [5.41, 5.74) is 3.89. The minimum atomic E-state index is -0.313. The predicted molar refractivity (Wildman–Crippen MR) is 134 cm³/mol. The summed E-state index contributed by atoms with van der Waals surface area (Å²) in [4.78, 5) is 13.5. The second-order valence-electron chi connectivity index (χ2n) is 7.72. The largest absolute Gasteiger partial charge is 0.493 e. The van der Waals surface area contributed by atoms with E-state index in [1.54, 1.807) is 57.5 Å². The fraction of sp³-hybridized carbons (Fsp3) is 0.185. The Morgan fingerprint density at radius 1 is 0.800 bits per heavy atom. The summed E-state index contributed by atoms with van der Waals surface area (Å²) < 4.78 is 23.3. The molecule has 0 radical (unpaired) electrons. The minimum absolute atomic E-state index is 0.313. The van der Waals surface area contributed by atoms with Gasteiger partial charge < -0.3 is 24.3 Å². The average molecular weight is 474 g/mol. The van der Waals surface area contributed by atoms with Gasteiger partial charge in [-0.1, -0.05) is 18.2 Å². The normalized spacial score (nSPS) is 10.5. The molecule has 1 amide bonds. The number of carbonyl (C=O) groups excluding carboxylic acids is 1. The third-order valence-corrected chi connectivity index (χ3v) is 5.62. The summed E-state index contributed by atoms with van der Waals surface area (Å²) in [6.07, 6.45) is 1.72. The van der Waals surface area contributed by atoms with Crippen LogP contribution in [-0.4, -0.2) is 44.1 Å². The van der Waals surface area contributed by atoms with Gasteiger partial charge in [-0.2, -0.15) is 5.10 Å². The van der Waals surface area contributed by atoms with E-state index in [0.29, 0.717) is 45.5 Å². The van der Waals surface area contributed by atoms with E-state index in [9.17, 15) is 4.79 Å². The van der Waals surface area contributed by atoms with Gasteiger partial charge in [0.25, 0.3) is 5.91 Å². The molecule has 0 atom stereocenters. The number of ether oxygens (including phenoxy) is 4. The van der Waals surface area contributed by atoms with Gasteiger partial charge in [0.2, 0.25) is 0 Å². The predicted octanol–water partition coefficient (Wildman–Crippen LogP) is 5.13. The lowest BCUT2D eigenvalue weighted by molar-refractivity contribution is 0.102. The maximum absolute atomic E-state index is 13.5. The number of hydrogen-bond donors (Lipinski definition) is 1. The fourth-order valence-electron chi connectivity index (χ4n) is 3.75. The number of aromatic nitrogens is 2. The number of para-hydroxylation sites is 1. The Morgan fingerprint density at radius 2 is 1.43 bits per heavy atom. The van der Waals surface area contributed by atoms with Crippen molar-refractivity contribution < 1.29 is 23.7 Å². The molecule has 0 aliphatic carbocycles. The molecule has 0 spiro atoms. The van der Waals surface area contributed by atoms with Crippen molar-refractivity contribution in [3.8, 4) is 39.9 Å². The molecule has 3 aromatic carbocycles. The Kier molecular flexibility index (Phi) is 6.91. The number of methoxy groups -OCH3 is 4. The average Bonchev–Trinajstić information content (AvgIpc) is 3.35. The van der Waals surface area contributed by atoms with Gasteiger partial charge in [-0.25, -0.2) is 4.68 Å². The van der Waals surface area contributed by atoms with Crippen LogP contribution >= 0.6 is 0 Å². The van der Waals surface area contributed by atoms with E-state index in [1.165, 1.54) is 0 Å². The van der Waals surface area contributed by atoms with E-state index in [0.717, 1.165) is 11.3 Å². The van der Waals surface area contributed by atoms with E-state index in [-0.39, 0.29) is 5.91 Å². The fourth-order valence-corrected chi connectivity index (χ4v) is 3.75. The quantitative estimate of drug-likeness (QED) is 0.382. The second-order valence-corrected chi connectivity index (χ2v) is 7.72. The van der Waals surface area contributed by atoms with Crippen molar-refractivity contribution in [2.45, 2.75) is 6.92 Å². The first kappa shape index (κ1) is 23.7. The number of carbonyl (C=O) groups is 1. The van der Waals surface area contributed by atoms with Crippen molar-refractivity contribution in [3.63, 3.8) is 0 Å². The van der Waals surface area contributed by atoms with Crippen molar-refractivity contribution in [2.24, 2.45) is 0 Å². The molecule has 8 heteroatoms. The SMILES string of the molecule is COc1ccc(-c2nn(-c3ccccc3)cc2C(=O)Nc2cc(OC)c(OC)cc2C)cc1OC. The van der Waals surface area contributed by atoms with Crippen LogP contribution in [-0.2, 0) is 0 Å². The number of aryl methyl sites for hydroxylation is 1. The summed E-state index contributed by atoms with van der Waals surface area (Å²) in [5.74, 6) is 1.93. The molecule has 0 aliphatic heterocycles. The summed E-state index contributed by atoms with van der Waals surface area (Å²) in [7, 11) is 6.27. The molecule has 35 heavy (non-hydrogen) atoms. The van der Waals surface area contributed by atoms with E-state index in [4.69, 9.17) is 24.0 Å². The van der Waals surface area contributed by atoms with Gasteiger partial charge in [-0.15, -0.1) is 0 Å². The molecule has 4 aromatic rings. The van der Waals surface area contributed by atoms with Crippen LogP contribution in [0.2, 0.25) is 0 Å². The van der Waals surface area contributed by atoms with Crippen LogP contribution in [0.25, 0.3) is 16.9 Å². The van der Waals surface area contributed by atoms with Crippen LogP contribution in [0, 0.1) is 6.92 Å². The molecule has 0 saturated heterocycles. The lowest BCUT2D eigenvalue weighted by atomic mass is 10.1. The topological polar surface area (TPSA) is 83.8 Å². The molecule has 0 bridgehead atoms. The lowest BCUT2D eigenvalue weighted by Crippen LogP contribution is -2.13. The molecule has 0 aliphatic rings. The monoisotopic (exact) mass is 473 g/mol. The molecule has 8 nitrogen and oxygen atoms in total. The highest BCUT2D eigenvalue weighted by Gasteiger charge is 2.21. The van der Waals surface area contributed by atoms with Crippen LogP contribution in [0.1, 0.15) is 15.9 Å². The van der Waals surface area contributed by atoms with Crippen LogP contribution in [0.15, 0.2) is 66.9 Å². The third-order valence-electron chi connectivity index (χ3n) is 5.62. The highest BCUT2D eigenvalue weighted by Crippen LogP contribution is 2.35. The van der Waals surface area contributed by atoms with E-state index in [2.05, 4.69) is 5.32 Å². The van der Waals surface area contributed by atoms with Crippen LogP contribution in [0.4, 0.5) is 5.69 Å². The molecule has 1 aromatic heterocycles. The zero-order valence-corrected chi connectivity index (χ0v) is 20.3. The molecule has 180 valence electrons. The van der Waals surface area contributed by atoms with Crippen LogP contribution in [0.3, 0.4) is 0 Å². The van der Waals surface area contributed by atoms with Gasteiger partial charge in [0.05, 0.1) is 39.7 Å². The van der Waals surface area contributed by atoms with Gasteiger partial charge in [0.1, 0.15) is 5.69 Å². The summed E-state index contributed by atoms with van der Waals surface area (Å²) >= 11 is 0. The van der Waals surface area contributed by atoms with Gasteiger partial charge in [0, 0.05) is 23.5 Å². The second kappa shape index (κ2) is 10.2. The summed E-state index contributed by atoms with van der Waals surface area (Å²) in [6.45, 7) is 1.89. The first-order valence-electron chi connectivity index (χ1n) is 10.9. The molecular weight excluding hydrogens is 446 g/mol.